The van der Waals surface area contributed by atoms with Crippen LogP contribution in [0.1, 0.15) is 30.9 Å². The van der Waals surface area contributed by atoms with Crippen LogP contribution in [-0.2, 0) is 37.5 Å². The van der Waals surface area contributed by atoms with Crippen molar-refractivity contribution in [2.24, 2.45) is 0 Å². The Morgan fingerprint density at radius 2 is 2.07 bits per heavy atom. The van der Waals surface area contributed by atoms with Crippen molar-refractivity contribution >= 4 is 11.6 Å². The van der Waals surface area contributed by atoms with E-state index in [9.17, 15) is 4.79 Å². The van der Waals surface area contributed by atoms with Crippen LogP contribution in [0.2, 0.25) is 0 Å². The van der Waals surface area contributed by atoms with E-state index in [1.165, 1.54) is 12.5 Å². The Hall–Kier alpha value is -0.466. The molecule has 77 valence electrons. The maximum atomic E-state index is 11.0. The van der Waals surface area contributed by atoms with Gasteiger partial charge in [-0.05, 0) is 0 Å². The van der Waals surface area contributed by atoms with Crippen LogP contribution in [0.4, 0.5) is 5.69 Å². The van der Waals surface area contributed by atoms with Gasteiger partial charge in [0.05, 0.1) is 0 Å². The molecule has 0 aliphatic heterocycles. The smallest absolute Gasteiger partial charge is 0.209 e. The predicted molar refractivity (Wildman–Crippen MR) is 56.8 cm³/mol. The SMILES string of the molecule is CC(=O)Nc1cccc2c1[CH-]CC[CH-]2.[Y]. The van der Waals surface area contributed by atoms with Crippen LogP contribution < -0.4 is 5.32 Å². The van der Waals surface area contributed by atoms with E-state index >= 15 is 0 Å². The molecule has 15 heavy (non-hydrogen) atoms. The third-order valence-corrected chi connectivity index (χ3v) is 2.33. The van der Waals surface area contributed by atoms with E-state index in [2.05, 4.69) is 24.2 Å². The number of rotatable bonds is 1. The maximum Gasteiger partial charge on any atom is 0.209 e. The Morgan fingerprint density at radius 1 is 1.33 bits per heavy atom. The Labute approximate surface area is 116 Å². The Balaban J connectivity index is 0.00000112. The van der Waals surface area contributed by atoms with Crippen molar-refractivity contribution in [2.75, 3.05) is 5.32 Å². The first kappa shape index (κ1) is 12.6. The molecular weight excluding hydrogens is 263 g/mol. The maximum absolute atomic E-state index is 11.0. The Bertz CT molecular complexity index is 363. The molecule has 0 saturated heterocycles. The van der Waals surface area contributed by atoms with Crippen LogP contribution in [0.15, 0.2) is 18.2 Å². The van der Waals surface area contributed by atoms with E-state index in [1.54, 1.807) is 0 Å². The molecule has 1 aromatic rings. The van der Waals surface area contributed by atoms with Crippen LogP contribution in [0.5, 0.6) is 0 Å². The second kappa shape index (κ2) is 5.57. The fraction of sp³-hybridized carbons (Fsp3) is 0.250. The summed E-state index contributed by atoms with van der Waals surface area (Å²) in [5.41, 5.74) is 3.31. The van der Waals surface area contributed by atoms with Crippen LogP contribution in [0, 0.1) is 12.8 Å². The third-order valence-electron chi connectivity index (χ3n) is 2.33. The molecule has 0 unspecified atom stereocenters. The topological polar surface area (TPSA) is 29.1 Å². The summed E-state index contributed by atoms with van der Waals surface area (Å²) in [6.45, 7) is 1.53. The molecule has 2 nitrogen and oxygen atoms in total. The molecule has 2 rings (SSSR count). The van der Waals surface area contributed by atoms with Gasteiger partial charge in [-0.1, -0.05) is 12.8 Å². The summed E-state index contributed by atoms with van der Waals surface area (Å²) in [4.78, 5) is 11.0. The van der Waals surface area contributed by atoms with E-state index < -0.39 is 0 Å². The van der Waals surface area contributed by atoms with Gasteiger partial charge in [-0.25, -0.2) is 18.9 Å². The van der Waals surface area contributed by atoms with Crippen molar-refractivity contribution in [3.63, 3.8) is 0 Å². The monoisotopic (exact) mass is 276 g/mol. The van der Waals surface area contributed by atoms with E-state index in [0.717, 1.165) is 24.1 Å². The van der Waals surface area contributed by atoms with Crippen LogP contribution in [0.25, 0.3) is 0 Å². The normalized spacial score (nSPS) is 12.6. The molecule has 0 fully saturated rings. The van der Waals surface area contributed by atoms with E-state index in [-0.39, 0.29) is 38.6 Å². The van der Waals surface area contributed by atoms with Gasteiger partial charge in [-0.2, -0.15) is 0 Å². The number of carbonyl (C=O) groups is 1. The molecule has 1 aliphatic carbocycles. The summed E-state index contributed by atoms with van der Waals surface area (Å²) in [5, 5.41) is 2.84. The summed E-state index contributed by atoms with van der Waals surface area (Å²) >= 11 is 0. The van der Waals surface area contributed by atoms with Gasteiger partial charge in [0.15, 0.2) is 0 Å². The zero-order chi connectivity index (χ0) is 9.97. The molecular formula is C12H13NOY-2. The van der Waals surface area contributed by atoms with E-state index in [4.69, 9.17) is 0 Å². The fourth-order valence-electron chi connectivity index (χ4n) is 1.75. The second-order valence-electron chi connectivity index (χ2n) is 3.48. The number of fused-ring (bicyclic) bond motifs is 1. The molecule has 0 saturated carbocycles. The number of hydrogen-bond donors (Lipinski definition) is 1. The molecule has 0 aromatic heterocycles. The Kier molecular flexibility index (Phi) is 4.68. The zero-order valence-corrected chi connectivity index (χ0v) is 11.6. The second-order valence-corrected chi connectivity index (χ2v) is 3.48. The summed E-state index contributed by atoms with van der Waals surface area (Å²) < 4.78 is 0. The molecule has 1 aliphatic rings. The summed E-state index contributed by atoms with van der Waals surface area (Å²) in [6.07, 6.45) is 6.54. The first-order chi connectivity index (χ1) is 6.77. The molecule has 1 N–H and O–H groups in total. The molecule has 0 bridgehead atoms. The average Bonchev–Trinajstić information content (AvgIpc) is 2.18. The van der Waals surface area contributed by atoms with Gasteiger partial charge >= 0.3 is 0 Å². The summed E-state index contributed by atoms with van der Waals surface area (Å²) in [7, 11) is 0. The van der Waals surface area contributed by atoms with Crippen molar-refractivity contribution in [3.8, 4) is 0 Å². The summed E-state index contributed by atoms with van der Waals surface area (Å²) in [6, 6.07) is 5.99. The quantitative estimate of drug-likeness (QED) is 0.785. The van der Waals surface area contributed by atoms with Crippen molar-refractivity contribution in [3.05, 3.63) is 42.2 Å². The number of hydrogen-bond acceptors (Lipinski definition) is 1. The average molecular weight is 276 g/mol. The molecule has 1 amide bonds. The van der Waals surface area contributed by atoms with Crippen molar-refractivity contribution in [2.45, 2.75) is 19.8 Å². The number of amides is 1. The molecule has 0 atom stereocenters. The van der Waals surface area contributed by atoms with Gasteiger partial charge in [0.25, 0.3) is 0 Å². The van der Waals surface area contributed by atoms with Gasteiger partial charge < -0.3 is 5.32 Å². The number of carbonyl (C=O) groups excluding carboxylic acids is 1. The van der Waals surface area contributed by atoms with E-state index in [1.807, 2.05) is 12.1 Å². The molecule has 3 heteroatoms. The van der Waals surface area contributed by atoms with Crippen molar-refractivity contribution < 1.29 is 37.5 Å². The van der Waals surface area contributed by atoms with Gasteiger partial charge in [-0.15, -0.1) is 17.8 Å². The van der Waals surface area contributed by atoms with Crippen molar-refractivity contribution in [1.82, 2.24) is 0 Å². The van der Waals surface area contributed by atoms with Gasteiger partial charge in [0.2, 0.25) is 5.91 Å². The number of anilines is 1. The predicted octanol–water partition coefficient (Wildman–Crippen LogP) is 2.54. The van der Waals surface area contributed by atoms with Crippen molar-refractivity contribution in [1.29, 1.82) is 0 Å². The summed E-state index contributed by atoms with van der Waals surface area (Å²) in [5.74, 6) is -0.0163. The minimum absolute atomic E-state index is 0. The van der Waals surface area contributed by atoms with Gasteiger partial charge in [0.1, 0.15) is 0 Å². The van der Waals surface area contributed by atoms with Gasteiger partial charge in [-0.3, -0.25) is 15.9 Å². The largest absolute Gasteiger partial charge is 0.390 e. The minimum Gasteiger partial charge on any atom is -0.390 e. The zero-order valence-electron chi connectivity index (χ0n) is 8.79. The molecule has 1 aromatic carbocycles. The third kappa shape index (κ3) is 2.99. The van der Waals surface area contributed by atoms with Gasteiger partial charge in [0, 0.05) is 39.6 Å². The van der Waals surface area contributed by atoms with Crippen LogP contribution in [0.3, 0.4) is 0 Å². The standard InChI is InChI=1S/C12H13NO.Y/c1-9(14)13-12-8-4-6-10-5-2-3-7-11(10)12;/h4-8H,2-3H2,1H3,(H,13,14);/q-2;. The van der Waals surface area contributed by atoms with Crippen LogP contribution in [-0.4, -0.2) is 5.91 Å². The number of benzene rings is 1. The fourth-order valence-corrected chi connectivity index (χ4v) is 1.75. The first-order valence-electron chi connectivity index (χ1n) is 4.84. The first-order valence-corrected chi connectivity index (χ1v) is 4.84. The minimum atomic E-state index is -0.0163. The van der Waals surface area contributed by atoms with Crippen LogP contribution >= 0.6 is 0 Å². The van der Waals surface area contributed by atoms with E-state index in [0.29, 0.717) is 0 Å². The molecule has 1 radical (unpaired) electrons. The molecule has 0 spiro atoms. The Morgan fingerprint density at radius 3 is 2.80 bits per heavy atom. The number of nitrogens with one attached hydrogen (secondary N) is 1. The molecule has 0 heterocycles.